The van der Waals surface area contributed by atoms with E-state index in [1.807, 2.05) is 7.05 Å². The predicted octanol–water partition coefficient (Wildman–Crippen LogP) is 2.20. The highest BCUT2D eigenvalue weighted by Gasteiger charge is 2.39. The van der Waals surface area contributed by atoms with E-state index >= 15 is 0 Å². The standard InChI is InChI=1S/C13H24N2O.ClH/c1-14-9-5-12(16)15-10-8-13(11-15)6-3-2-4-7-13;/h14H,2-11H2,1H3;1H. The number of nitrogens with one attached hydrogen (secondary N) is 1. The predicted molar refractivity (Wildman–Crippen MR) is 72.5 cm³/mol. The first-order chi connectivity index (χ1) is 7.76. The Kier molecular flexibility index (Phi) is 5.74. The molecule has 0 radical (unpaired) electrons. The normalized spacial score (nSPS) is 22.5. The molecule has 1 N–H and O–H groups in total. The first-order valence-electron chi connectivity index (χ1n) is 6.68. The monoisotopic (exact) mass is 260 g/mol. The summed E-state index contributed by atoms with van der Waals surface area (Å²) in [5, 5.41) is 3.05. The summed E-state index contributed by atoms with van der Waals surface area (Å²) in [5.41, 5.74) is 0.507. The van der Waals surface area contributed by atoms with Gasteiger partial charge in [0, 0.05) is 26.1 Å². The average molecular weight is 261 g/mol. The maximum absolute atomic E-state index is 11.9. The van der Waals surface area contributed by atoms with Gasteiger partial charge in [-0.05, 0) is 31.7 Å². The highest BCUT2D eigenvalue weighted by molar-refractivity contribution is 5.85. The molecule has 1 saturated carbocycles. The molecule has 1 amide bonds. The zero-order valence-electron chi connectivity index (χ0n) is 10.8. The Morgan fingerprint density at radius 2 is 1.94 bits per heavy atom. The zero-order chi connectivity index (χ0) is 11.4. The molecule has 0 aromatic heterocycles. The lowest BCUT2D eigenvalue weighted by atomic mass is 9.73. The van der Waals surface area contributed by atoms with Gasteiger partial charge in [0.15, 0.2) is 0 Å². The van der Waals surface area contributed by atoms with Crippen LogP contribution in [-0.4, -0.2) is 37.5 Å². The van der Waals surface area contributed by atoms with Crippen molar-refractivity contribution in [2.24, 2.45) is 5.41 Å². The molecule has 17 heavy (non-hydrogen) atoms. The Balaban J connectivity index is 0.00000144. The van der Waals surface area contributed by atoms with Crippen LogP contribution in [-0.2, 0) is 4.79 Å². The Morgan fingerprint density at radius 3 is 2.59 bits per heavy atom. The molecule has 2 rings (SSSR count). The van der Waals surface area contributed by atoms with Gasteiger partial charge in [-0.25, -0.2) is 0 Å². The van der Waals surface area contributed by atoms with E-state index in [0.717, 1.165) is 19.6 Å². The molecule has 2 fully saturated rings. The fourth-order valence-electron chi connectivity index (χ4n) is 3.25. The van der Waals surface area contributed by atoms with E-state index in [2.05, 4.69) is 10.2 Å². The Bertz CT molecular complexity index is 252. The Hall–Kier alpha value is -0.280. The minimum absolute atomic E-state index is 0. The molecule has 3 nitrogen and oxygen atoms in total. The largest absolute Gasteiger partial charge is 0.342 e. The van der Waals surface area contributed by atoms with Crippen LogP contribution in [0, 0.1) is 5.41 Å². The molecule has 1 heterocycles. The molecule has 100 valence electrons. The van der Waals surface area contributed by atoms with Crippen LogP contribution in [0.25, 0.3) is 0 Å². The van der Waals surface area contributed by atoms with E-state index in [1.165, 1.54) is 38.5 Å². The second-order valence-corrected chi connectivity index (χ2v) is 5.48. The number of likely N-dealkylation sites (tertiary alicyclic amines) is 1. The van der Waals surface area contributed by atoms with Gasteiger partial charge in [0.25, 0.3) is 0 Å². The molecule has 0 aromatic rings. The lowest BCUT2D eigenvalue weighted by molar-refractivity contribution is -0.130. The molecule has 2 aliphatic rings. The fraction of sp³-hybridized carbons (Fsp3) is 0.923. The van der Waals surface area contributed by atoms with Crippen LogP contribution in [0.2, 0.25) is 0 Å². The molecule has 1 aliphatic carbocycles. The van der Waals surface area contributed by atoms with E-state index in [9.17, 15) is 4.79 Å². The average Bonchev–Trinajstić information content (AvgIpc) is 2.71. The van der Waals surface area contributed by atoms with E-state index in [0.29, 0.717) is 17.7 Å². The lowest BCUT2D eigenvalue weighted by Gasteiger charge is -2.33. The summed E-state index contributed by atoms with van der Waals surface area (Å²) in [6, 6.07) is 0. The number of amides is 1. The summed E-state index contributed by atoms with van der Waals surface area (Å²) in [4.78, 5) is 14.0. The van der Waals surface area contributed by atoms with E-state index in [4.69, 9.17) is 0 Å². The maximum Gasteiger partial charge on any atom is 0.223 e. The number of carbonyl (C=O) groups excluding carboxylic acids is 1. The second-order valence-electron chi connectivity index (χ2n) is 5.48. The molecular formula is C13H25ClN2O. The van der Waals surface area contributed by atoms with Crippen LogP contribution in [0.3, 0.4) is 0 Å². The van der Waals surface area contributed by atoms with Gasteiger partial charge in [-0.3, -0.25) is 4.79 Å². The topological polar surface area (TPSA) is 32.3 Å². The molecule has 1 aliphatic heterocycles. The van der Waals surface area contributed by atoms with Gasteiger partial charge in [-0.1, -0.05) is 19.3 Å². The smallest absolute Gasteiger partial charge is 0.223 e. The molecule has 1 saturated heterocycles. The summed E-state index contributed by atoms with van der Waals surface area (Å²) >= 11 is 0. The fourth-order valence-corrected chi connectivity index (χ4v) is 3.25. The molecule has 4 heteroatoms. The van der Waals surface area contributed by atoms with Crippen molar-refractivity contribution >= 4 is 18.3 Å². The van der Waals surface area contributed by atoms with Gasteiger partial charge in [-0.2, -0.15) is 0 Å². The number of nitrogens with zero attached hydrogens (tertiary/aromatic N) is 1. The van der Waals surface area contributed by atoms with Gasteiger partial charge < -0.3 is 10.2 Å². The summed E-state index contributed by atoms with van der Waals surface area (Å²) in [5.74, 6) is 0.344. The van der Waals surface area contributed by atoms with Crippen LogP contribution in [0.15, 0.2) is 0 Å². The SMILES string of the molecule is CNCCC(=O)N1CCC2(CCCCC2)C1.Cl. The summed E-state index contributed by atoms with van der Waals surface area (Å²) in [6.07, 6.45) is 8.75. The molecular weight excluding hydrogens is 236 g/mol. The second kappa shape index (κ2) is 6.60. The van der Waals surface area contributed by atoms with Crippen LogP contribution in [0.4, 0.5) is 0 Å². The van der Waals surface area contributed by atoms with Crippen LogP contribution in [0.1, 0.15) is 44.9 Å². The molecule has 0 unspecified atom stereocenters. The first-order valence-corrected chi connectivity index (χ1v) is 6.68. The van der Waals surface area contributed by atoms with E-state index in [1.54, 1.807) is 0 Å². The number of hydrogen-bond donors (Lipinski definition) is 1. The van der Waals surface area contributed by atoms with Gasteiger partial charge in [-0.15, -0.1) is 12.4 Å². The third-order valence-corrected chi connectivity index (χ3v) is 4.29. The van der Waals surface area contributed by atoms with Crippen molar-refractivity contribution in [3.05, 3.63) is 0 Å². The highest BCUT2D eigenvalue weighted by atomic mass is 35.5. The van der Waals surface area contributed by atoms with Crippen LogP contribution in [0.5, 0.6) is 0 Å². The van der Waals surface area contributed by atoms with Crippen LogP contribution >= 0.6 is 12.4 Å². The molecule has 0 aromatic carbocycles. The van der Waals surface area contributed by atoms with Crippen molar-refractivity contribution in [1.82, 2.24) is 10.2 Å². The Labute approximate surface area is 111 Å². The molecule has 1 spiro atoms. The summed E-state index contributed by atoms with van der Waals surface area (Å²) in [7, 11) is 1.90. The van der Waals surface area contributed by atoms with Crippen molar-refractivity contribution in [1.29, 1.82) is 0 Å². The van der Waals surface area contributed by atoms with Crippen molar-refractivity contribution in [2.75, 3.05) is 26.7 Å². The first kappa shape index (κ1) is 14.8. The van der Waals surface area contributed by atoms with Gasteiger partial charge in [0.2, 0.25) is 5.91 Å². The quantitative estimate of drug-likeness (QED) is 0.844. The molecule has 0 atom stereocenters. The number of rotatable bonds is 3. The molecule has 0 bridgehead atoms. The van der Waals surface area contributed by atoms with Gasteiger partial charge >= 0.3 is 0 Å². The number of hydrogen-bond acceptors (Lipinski definition) is 2. The van der Waals surface area contributed by atoms with Gasteiger partial charge in [0.1, 0.15) is 0 Å². The van der Waals surface area contributed by atoms with Crippen molar-refractivity contribution in [3.8, 4) is 0 Å². The summed E-state index contributed by atoms with van der Waals surface area (Å²) < 4.78 is 0. The van der Waals surface area contributed by atoms with E-state index < -0.39 is 0 Å². The minimum atomic E-state index is 0. The lowest BCUT2D eigenvalue weighted by Crippen LogP contribution is -2.34. The number of halogens is 1. The van der Waals surface area contributed by atoms with Crippen LogP contribution < -0.4 is 5.32 Å². The van der Waals surface area contributed by atoms with Gasteiger partial charge in [0.05, 0.1) is 0 Å². The van der Waals surface area contributed by atoms with Crippen molar-refractivity contribution in [2.45, 2.75) is 44.9 Å². The third-order valence-electron chi connectivity index (χ3n) is 4.29. The van der Waals surface area contributed by atoms with E-state index in [-0.39, 0.29) is 12.4 Å². The zero-order valence-corrected chi connectivity index (χ0v) is 11.7. The third kappa shape index (κ3) is 3.59. The number of carbonyl (C=O) groups is 1. The maximum atomic E-state index is 11.9. The minimum Gasteiger partial charge on any atom is -0.342 e. The Morgan fingerprint density at radius 1 is 1.24 bits per heavy atom. The highest BCUT2D eigenvalue weighted by Crippen LogP contribution is 2.43. The van der Waals surface area contributed by atoms with Crippen molar-refractivity contribution in [3.63, 3.8) is 0 Å². The summed E-state index contributed by atoms with van der Waals surface area (Å²) in [6.45, 7) is 2.85. The van der Waals surface area contributed by atoms with Crippen molar-refractivity contribution < 1.29 is 4.79 Å².